The molecule has 2 aliphatic rings. The van der Waals surface area contributed by atoms with Gasteiger partial charge in [0.05, 0.1) is 12.5 Å². The van der Waals surface area contributed by atoms with Crippen LogP contribution in [-0.2, 0) is 9.53 Å². The predicted molar refractivity (Wildman–Crippen MR) is 45.5 cm³/mol. The summed E-state index contributed by atoms with van der Waals surface area (Å²) in [6.45, 7) is 2.37. The maximum atomic E-state index is 11.3. The third-order valence-corrected chi connectivity index (χ3v) is 2.81. The lowest BCUT2D eigenvalue weighted by molar-refractivity contribution is -0.145. The number of rotatable bonds is 2. The summed E-state index contributed by atoms with van der Waals surface area (Å²) in [5.41, 5.74) is 0. The molecule has 12 heavy (non-hydrogen) atoms. The molecule has 1 saturated carbocycles. The quantitative estimate of drug-likeness (QED) is 0.461. The molecule has 0 aromatic heterocycles. The zero-order chi connectivity index (χ0) is 8.55. The molecule has 0 amide bonds. The van der Waals surface area contributed by atoms with Crippen molar-refractivity contribution in [2.45, 2.75) is 19.8 Å². The summed E-state index contributed by atoms with van der Waals surface area (Å²) in [4.78, 5) is 11.3. The van der Waals surface area contributed by atoms with Gasteiger partial charge in [-0.25, -0.2) is 0 Å². The van der Waals surface area contributed by atoms with E-state index in [9.17, 15) is 4.79 Å². The lowest BCUT2D eigenvalue weighted by Gasteiger charge is -1.98. The summed E-state index contributed by atoms with van der Waals surface area (Å²) < 4.78 is 4.98. The zero-order valence-electron chi connectivity index (χ0n) is 7.32. The van der Waals surface area contributed by atoms with Crippen molar-refractivity contribution < 1.29 is 9.53 Å². The van der Waals surface area contributed by atoms with Crippen molar-refractivity contribution in [2.75, 3.05) is 6.61 Å². The van der Waals surface area contributed by atoms with Gasteiger partial charge in [-0.05, 0) is 31.6 Å². The Morgan fingerprint density at radius 2 is 2.50 bits per heavy atom. The third-order valence-electron chi connectivity index (χ3n) is 2.81. The van der Waals surface area contributed by atoms with E-state index in [1.165, 1.54) is 6.42 Å². The van der Waals surface area contributed by atoms with Crippen LogP contribution in [0.3, 0.4) is 0 Å². The molecular formula is C10H14O2. The highest BCUT2D eigenvalue weighted by molar-refractivity contribution is 5.77. The van der Waals surface area contributed by atoms with E-state index >= 15 is 0 Å². The van der Waals surface area contributed by atoms with Crippen molar-refractivity contribution in [1.82, 2.24) is 0 Å². The monoisotopic (exact) mass is 166 g/mol. The van der Waals surface area contributed by atoms with Gasteiger partial charge in [0.1, 0.15) is 0 Å². The van der Waals surface area contributed by atoms with Gasteiger partial charge in [0.25, 0.3) is 0 Å². The molecule has 0 heterocycles. The van der Waals surface area contributed by atoms with E-state index in [0.717, 1.165) is 6.42 Å². The van der Waals surface area contributed by atoms with Crippen LogP contribution in [0, 0.1) is 17.8 Å². The molecule has 0 aromatic rings. The van der Waals surface area contributed by atoms with E-state index in [1.807, 2.05) is 6.92 Å². The van der Waals surface area contributed by atoms with Crippen LogP contribution >= 0.6 is 0 Å². The molecule has 2 aliphatic carbocycles. The lowest BCUT2D eigenvalue weighted by atomic mass is 10.1. The molecule has 0 radical (unpaired) electrons. The first-order valence-electron chi connectivity index (χ1n) is 4.68. The van der Waals surface area contributed by atoms with Gasteiger partial charge in [-0.1, -0.05) is 12.2 Å². The number of ether oxygens (including phenoxy) is 1. The Balaban J connectivity index is 1.93. The second-order valence-electron chi connectivity index (χ2n) is 3.52. The molecule has 3 atom stereocenters. The molecule has 0 unspecified atom stereocenters. The van der Waals surface area contributed by atoms with Crippen LogP contribution in [0.2, 0.25) is 0 Å². The summed E-state index contributed by atoms with van der Waals surface area (Å²) in [6, 6.07) is 0. The molecule has 0 aromatic carbocycles. The van der Waals surface area contributed by atoms with E-state index in [2.05, 4.69) is 12.2 Å². The van der Waals surface area contributed by atoms with Gasteiger partial charge in [-0.3, -0.25) is 4.79 Å². The van der Waals surface area contributed by atoms with Crippen molar-refractivity contribution in [3.8, 4) is 0 Å². The second kappa shape index (κ2) is 2.92. The fourth-order valence-electron chi connectivity index (χ4n) is 2.15. The summed E-state index contributed by atoms with van der Waals surface area (Å²) >= 11 is 0. The minimum atomic E-state index is 0.0130. The predicted octanol–water partition coefficient (Wildman–Crippen LogP) is 1.76. The van der Waals surface area contributed by atoms with Crippen molar-refractivity contribution >= 4 is 5.97 Å². The number of hydrogen-bond acceptors (Lipinski definition) is 2. The van der Waals surface area contributed by atoms with Gasteiger partial charge in [0.15, 0.2) is 0 Å². The number of carbonyl (C=O) groups is 1. The van der Waals surface area contributed by atoms with Crippen LogP contribution in [0.15, 0.2) is 12.2 Å². The second-order valence-corrected chi connectivity index (χ2v) is 3.52. The Kier molecular flexibility index (Phi) is 1.91. The fourth-order valence-corrected chi connectivity index (χ4v) is 2.15. The van der Waals surface area contributed by atoms with Crippen LogP contribution in [0.5, 0.6) is 0 Å². The SMILES string of the molecule is CCOC(=O)[C@@H]1[C@H]2C=CCC[C@H]21. The van der Waals surface area contributed by atoms with E-state index in [1.54, 1.807) is 0 Å². The van der Waals surface area contributed by atoms with E-state index in [0.29, 0.717) is 18.4 Å². The molecule has 0 N–H and O–H groups in total. The van der Waals surface area contributed by atoms with Gasteiger partial charge in [0, 0.05) is 0 Å². The molecule has 0 spiro atoms. The minimum Gasteiger partial charge on any atom is -0.466 e. The Bertz CT molecular complexity index is 220. The summed E-state index contributed by atoms with van der Waals surface area (Å²) in [7, 11) is 0. The van der Waals surface area contributed by atoms with Crippen molar-refractivity contribution in [3.63, 3.8) is 0 Å². The first kappa shape index (κ1) is 7.84. The third kappa shape index (κ3) is 1.15. The molecule has 0 bridgehead atoms. The number of hydrogen-bond donors (Lipinski definition) is 0. The average Bonchev–Trinajstić information content (AvgIpc) is 2.78. The van der Waals surface area contributed by atoms with E-state index in [4.69, 9.17) is 4.74 Å². The molecule has 2 rings (SSSR count). The fraction of sp³-hybridized carbons (Fsp3) is 0.700. The molecule has 2 nitrogen and oxygen atoms in total. The van der Waals surface area contributed by atoms with Crippen LogP contribution in [0.4, 0.5) is 0 Å². The number of esters is 1. The highest BCUT2D eigenvalue weighted by atomic mass is 16.5. The van der Waals surface area contributed by atoms with E-state index in [-0.39, 0.29) is 11.9 Å². The number of carbonyl (C=O) groups excluding carboxylic acids is 1. The smallest absolute Gasteiger partial charge is 0.309 e. The van der Waals surface area contributed by atoms with Crippen LogP contribution in [0.25, 0.3) is 0 Å². The highest BCUT2D eigenvalue weighted by Crippen LogP contribution is 2.53. The molecule has 2 heteroatoms. The molecule has 66 valence electrons. The normalized spacial score (nSPS) is 37.2. The Morgan fingerprint density at radius 1 is 1.67 bits per heavy atom. The van der Waals surface area contributed by atoms with Crippen LogP contribution in [0.1, 0.15) is 19.8 Å². The molecule has 0 aliphatic heterocycles. The molecular weight excluding hydrogens is 152 g/mol. The Morgan fingerprint density at radius 3 is 3.08 bits per heavy atom. The van der Waals surface area contributed by atoms with Crippen molar-refractivity contribution in [1.29, 1.82) is 0 Å². The summed E-state index contributed by atoms with van der Waals surface area (Å²) in [5.74, 6) is 1.33. The average molecular weight is 166 g/mol. The van der Waals surface area contributed by atoms with Gasteiger partial charge in [0.2, 0.25) is 0 Å². The topological polar surface area (TPSA) is 26.3 Å². The maximum Gasteiger partial charge on any atom is 0.309 e. The maximum absolute atomic E-state index is 11.3. The molecule has 0 saturated heterocycles. The van der Waals surface area contributed by atoms with Gasteiger partial charge >= 0.3 is 5.97 Å². The van der Waals surface area contributed by atoms with Gasteiger partial charge < -0.3 is 4.74 Å². The summed E-state index contributed by atoms with van der Waals surface area (Å²) in [6.07, 6.45) is 6.66. The Hall–Kier alpha value is -0.790. The van der Waals surface area contributed by atoms with Crippen LogP contribution < -0.4 is 0 Å². The number of fused-ring (bicyclic) bond motifs is 1. The zero-order valence-corrected chi connectivity index (χ0v) is 7.32. The van der Waals surface area contributed by atoms with Crippen molar-refractivity contribution in [3.05, 3.63) is 12.2 Å². The first-order chi connectivity index (χ1) is 5.84. The lowest BCUT2D eigenvalue weighted by Crippen LogP contribution is -2.08. The van der Waals surface area contributed by atoms with Crippen LogP contribution in [-0.4, -0.2) is 12.6 Å². The standard InChI is InChI=1S/C10H14O2/c1-2-12-10(11)9-7-5-3-4-6-8(7)9/h3,5,7-9H,2,4,6H2,1H3/t7-,8+,9+/m0/s1. The van der Waals surface area contributed by atoms with Crippen molar-refractivity contribution in [2.24, 2.45) is 17.8 Å². The van der Waals surface area contributed by atoms with Gasteiger partial charge in [-0.2, -0.15) is 0 Å². The van der Waals surface area contributed by atoms with Gasteiger partial charge in [-0.15, -0.1) is 0 Å². The van der Waals surface area contributed by atoms with E-state index < -0.39 is 0 Å². The first-order valence-corrected chi connectivity index (χ1v) is 4.68. The largest absolute Gasteiger partial charge is 0.466 e. The summed E-state index contributed by atoms with van der Waals surface area (Å²) in [5, 5.41) is 0. The highest BCUT2D eigenvalue weighted by Gasteiger charge is 2.54. The minimum absolute atomic E-state index is 0.0130. The Labute approximate surface area is 72.6 Å². The number of allylic oxidation sites excluding steroid dienone is 2. The molecule has 1 fully saturated rings.